The Hall–Kier alpha value is -2.28. The van der Waals surface area contributed by atoms with Gasteiger partial charge in [-0.2, -0.15) is 0 Å². The smallest absolute Gasteiger partial charge is 0.252 e. The maximum Gasteiger partial charge on any atom is 0.252 e. The van der Waals surface area contributed by atoms with Crippen molar-refractivity contribution in [3.63, 3.8) is 0 Å². The molecule has 3 N–H and O–H groups in total. The van der Waals surface area contributed by atoms with Crippen molar-refractivity contribution >= 4 is 11.6 Å². The van der Waals surface area contributed by atoms with Crippen molar-refractivity contribution in [2.75, 3.05) is 5.32 Å². The largest absolute Gasteiger partial charge is 0.326 e. The van der Waals surface area contributed by atoms with Crippen LogP contribution in [0.4, 0.5) is 5.69 Å². The Morgan fingerprint density at radius 1 is 1.23 bits per heavy atom. The first-order valence-corrected chi connectivity index (χ1v) is 7.58. The molecule has 1 amide bonds. The Morgan fingerprint density at radius 3 is 2.55 bits per heavy atom. The van der Waals surface area contributed by atoms with Gasteiger partial charge < -0.3 is 11.1 Å². The second kappa shape index (κ2) is 6.23. The van der Waals surface area contributed by atoms with Crippen LogP contribution >= 0.6 is 0 Å². The minimum atomic E-state index is -0.686. The van der Waals surface area contributed by atoms with Gasteiger partial charge in [-0.1, -0.05) is 31.4 Å². The third kappa shape index (κ3) is 2.71. The fourth-order valence-corrected chi connectivity index (χ4v) is 3.03. The van der Waals surface area contributed by atoms with E-state index >= 15 is 0 Å². The summed E-state index contributed by atoms with van der Waals surface area (Å²) in [5, 5.41) is 14.4. The van der Waals surface area contributed by atoms with E-state index < -0.39 is 5.54 Å². The van der Waals surface area contributed by atoms with Crippen molar-refractivity contribution in [1.82, 2.24) is 20.2 Å². The monoisotopic (exact) mass is 300 g/mol. The number of nitrogens with two attached hydrogens (primary N) is 1. The molecule has 116 valence electrons. The number of nitrogens with one attached hydrogen (secondary N) is 1. The summed E-state index contributed by atoms with van der Waals surface area (Å²) < 4.78 is 1.61. The van der Waals surface area contributed by atoms with Gasteiger partial charge in [0.15, 0.2) is 0 Å². The molecule has 0 aliphatic heterocycles. The number of rotatable bonds is 4. The van der Waals surface area contributed by atoms with Crippen molar-refractivity contribution in [2.45, 2.75) is 44.2 Å². The molecule has 0 bridgehead atoms. The van der Waals surface area contributed by atoms with Crippen LogP contribution in [0.25, 0.3) is 0 Å². The summed E-state index contributed by atoms with van der Waals surface area (Å²) in [4.78, 5) is 12.9. The van der Waals surface area contributed by atoms with Crippen LogP contribution in [0.1, 0.15) is 37.7 Å². The Morgan fingerprint density at radius 2 is 1.95 bits per heavy atom. The lowest BCUT2D eigenvalue weighted by atomic mass is 9.81. The quantitative estimate of drug-likeness (QED) is 0.890. The zero-order valence-electron chi connectivity index (χ0n) is 12.4. The summed E-state index contributed by atoms with van der Waals surface area (Å²) in [6.45, 7) is 0.489. The fraction of sp³-hybridized carbons (Fsp3) is 0.467. The number of carbonyl (C=O) groups is 1. The standard InChI is InChI=1S/C15H20N6O/c16-10-12-4-6-13(7-5-12)18-14(22)15(8-2-1-3-9-15)21-11-17-19-20-21/h4-7,11H,1-3,8-10,16H2,(H,18,22). The van der Waals surface area contributed by atoms with Crippen molar-refractivity contribution in [1.29, 1.82) is 0 Å². The van der Waals surface area contributed by atoms with Crippen LogP contribution in [0.3, 0.4) is 0 Å². The molecule has 22 heavy (non-hydrogen) atoms. The average molecular weight is 300 g/mol. The van der Waals surface area contributed by atoms with Gasteiger partial charge in [-0.15, -0.1) is 5.10 Å². The van der Waals surface area contributed by atoms with Gasteiger partial charge >= 0.3 is 0 Å². The Labute approximate surface area is 128 Å². The molecule has 7 heteroatoms. The molecule has 3 rings (SSSR count). The molecular weight excluding hydrogens is 280 g/mol. The predicted octanol–water partition coefficient (Wildman–Crippen LogP) is 1.43. The third-order valence-corrected chi connectivity index (χ3v) is 4.34. The van der Waals surface area contributed by atoms with Gasteiger partial charge in [0.05, 0.1) is 0 Å². The first-order valence-electron chi connectivity index (χ1n) is 7.58. The van der Waals surface area contributed by atoms with Crippen LogP contribution in [0.15, 0.2) is 30.6 Å². The predicted molar refractivity (Wildman–Crippen MR) is 81.8 cm³/mol. The lowest BCUT2D eigenvalue weighted by molar-refractivity contribution is -0.126. The van der Waals surface area contributed by atoms with Gasteiger partial charge in [-0.25, -0.2) is 4.68 Å². The second-order valence-corrected chi connectivity index (χ2v) is 5.70. The summed E-state index contributed by atoms with van der Waals surface area (Å²) in [7, 11) is 0. The lowest BCUT2D eigenvalue weighted by Crippen LogP contribution is -2.47. The Balaban J connectivity index is 1.83. The summed E-state index contributed by atoms with van der Waals surface area (Å²) in [6, 6.07) is 7.58. The van der Waals surface area contributed by atoms with Crippen LogP contribution in [-0.4, -0.2) is 26.1 Å². The minimum Gasteiger partial charge on any atom is -0.326 e. The molecule has 1 aliphatic rings. The van der Waals surface area contributed by atoms with Crippen molar-refractivity contribution < 1.29 is 4.79 Å². The maximum absolute atomic E-state index is 12.9. The van der Waals surface area contributed by atoms with E-state index in [0.717, 1.165) is 43.4 Å². The van der Waals surface area contributed by atoms with Crippen LogP contribution in [-0.2, 0) is 16.9 Å². The van der Waals surface area contributed by atoms with Crippen molar-refractivity contribution in [3.8, 4) is 0 Å². The topological polar surface area (TPSA) is 98.7 Å². The van der Waals surface area contributed by atoms with Crippen LogP contribution in [0.5, 0.6) is 0 Å². The van der Waals surface area contributed by atoms with Crippen molar-refractivity contribution in [3.05, 3.63) is 36.2 Å². The highest BCUT2D eigenvalue weighted by Crippen LogP contribution is 2.35. The molecular formula is C15H20N6O. The Kier molecular flexibility index (Phi) is 4.15. The van der Waals surface area contributed by atoms with E-state index in [-0.39, 0.29) is 5.91 Å². The summed E-state index contributed by atoms with van der Waals surface area (Å²) in [5.41, 5.74) is 6.70. The molecule has 0 spiro atoms. The zero-order chi connectivity index (χ0) is 15.4. The molecule has 1 aromatic carbocycles. The van der Waals surface area contributed by atoms with E-state index in [1.807, 2.05) is 24.3 Å². The highest BCUT2D eigenvalue weighted by molar-refractivity contribution is 5.96. The molecule has 1 aliphatic carbocycles. The number of hydrogen-bond donors (Lipinski definition) is 2. The first-order chi connectivity index (χ1) is 10.7. The maximum atomic E-state index is 12.9. The van der Waals surface area contributed by atoms with E-state index in [1.54, 1.807) is 4.68 Å². The zero-order valence-corrected chi connectivity index (χ0v) is 12.4. The van der Waals surface area contributed by atoms with Crippen LogP contribution in [0, 0.1) is 0 Å². The minimum absolute atomic E-state index is 0.0556. The Bertz CT molecular complexity index is 616. The third-order valence-electron chi connectivity index (χ3n) is 4.34. The molecule has 0 atom stereocenters. The molecule has 1 saturated carbocycles. The number of carbonyl (C=O) groups excluding carboxylic acids is 1. The highest BCUT2D eigenvalue weighted by atomic mass is 16.2. The molecule has 1 fully saturated rings. The molecule has 0 saturated heterocycles. The van der Waals surface area contributed by atoms with Gasteiger partial charge in [0.1, 0.15) is 11.9 Å². The summed E-state index contributed by atoms with van der Waals surface area (Å²) in [5.74, 6) is -0.0556. The fourth-order valence-electron chi connectivity index (χ4n) is 3.03. The van der Waals surface area contributed by atoms with Gasteiger partial charge in [0.25, 0.3) is 5.91 Å². The molecule has 0 unspecified atom stereocenters. The van der Waals surface area contributed by atoms with Gasteiger partial charge in [0, 0.05) is 12.2 Å². The van der Waals surface area contributed by atoms with Gasteiger partial charge in [0.2, 0.25) is 0 Å². The molecule has 1 aromatic heterocycles. The van der Waals surface area contributed by atoms with E-state index in [1.165, 1.54) is 6.33 Å². The average Bonchev–Trinajstić information content (AvgIpc) is 3.11. The number of nitrogens with zero attached hydrogens (tertiary/aromatic N) is 4. The number of tetrazole rings is 1. The van der Waals surface area contributed by atoms with E-state index in [2.05, 4.69) is 20.8 Å². The highest BCUT2D eigenvalue weighted by Gasteiger charge is 2.42. The van der Waals surface area contributed by atoms with E-state index in [9.17, 15) is 4.79 Å². The number of benzene rings is 1. The number of amides is 1. The summed E-state index contributed by atoms with van der Waals surface area (Å²) in [6.07, 6.45) is 6.18. The van der Waals surface area contributed by atoms with Gasteiger partial charge in [-0.3, -0.25) is 4.79 Å². The number of anilines is 1. The van der Waals surface area contributed by atoms with Gasteiger partial charge in [-0.05, 0) is 41.0 Å². The molecule has 2 aromatic rings. The van der Waals surface area contributed by atoms with Crippen LogP contribution in [0.2, 0.25) is 0 Å². The normalized spacial score (nSPS) is 17.1. The van der Waals surface area contributed by atoms with Crippen LogP contribution < -0.4 is 11.1 Å². The number of aromatic nitrogens is 4. The molecule has 0 radical (unpaired) electrons. The SMILES string of the molecule is NCc1ccc(NC(=O)C2(n3cnnn3)CCCCC2)cc1. The van der Waals surface area contributed by atoms with Crippen molar-refractivity contribution in [2.24, 2.45) is 5.73 Å². The van der Waals surface area contributed by atoms with E-state index in [0.29, 0.717) is 6.54 Å². The number of hydrogen-bond acceptors (Lipinski definition) is 5. The summed E-state index contributed by atoms with van der Waals surface area (Å²) >= 11 is 0. The second-order valence-electron chi connectivity index (χ2n) is 5.70. The van der Waals surface area contributed by atoms with E-state index in [4.69, 9.17) is 5.73 Å². The first kappa shape index (κ1) is 14.6. The molecule has 1 heterocycles. The molecule has 7 nitrogen and oxygen atoms in total. The lowest BCUT2D eigenvalue weighted by Gasteiger charge is -2.35.